The highest BCUT2D eigenvalue weighted by Crippen LogP contribution is 2.31. The molecule has 0 saturated carbocycles. The fourth-order valence-corrected chi connectivity index (χ4v) is 3.49. The second-order valence-electron chi connectivity index (χ2n) is 7.41. The van der Waals surface area contributed by atoms with Crippen LogP contribution in [0.25, 0.3) is 0 Å². The van der Waals surface area contributed by atoms with Crippen molar-refractivity contribution in [1.82, 2.24) is 9.97 Å². The smallest absolute Gasteiger partial charge is 0.279 e. The van der Waals surface area contributed by atoms with Crippen LogP contribution in [0.4, 0.5) is 15.8 Å². The number of benzene rings is 3. The van der Waals surface area contributed by atoms with Crippen LogP contribution in [0.15, 0.2) is 97.5 Å². The zero-order valence-electron chi connectivity index (χ0n) is 17.9. The number of hydrogen-bond acceptors (Lipinski definition) is 4. The Bertz CT molecular complexity index is 1250. The number of carbonyl (C=O) groups excluding carboxylic acids is 2. The van der Waals surface area contributed by atoms with Crippen molar-refractivity contribution < 1.29 is 14.0 Å². The lowest BCUT2D eigenvalue weighted by Crippen LogP contribution is -2.42. The van der Waals surface area contributed by atoms with Gasteiger partial charge in [-0.05, 0) is 54.4 Å². The molecule has 164 valence electrons. The Morgan fingerprint density at radius 3 is 2.36 bits per heavy atom. The van der Waals surface area contributed by atoms with Gasteiger partial charge in [-0.25, -0.2) is 9.37 Å². The maximum Gasteiger partial charge on any atom is 0.279 e. The van der Waals surface area contributed by atoms with Crippen molar-refractivity contribution in [1.29, 1.82) is 0 Å². The van der Waals surface area contributed by atoms with Crippen LogP contribution in [-0.2, 0) is 4.79 Å². The molecule has 0 spiro atoms. The highest BCUT2D eigenvalue weighted by Gasteiger charge is 2.34. The van der Waals surface area contributed by atoms with Gasteiger partial charge < -0.3 is 5.32 Å². The summed E-state index contributed by atoms with van der Waals surface area (Å²) in [4.78, 5) is 36.8. The van der Waals surface area contributed by atoms with Gasteiger partial charge >= 0.3 is 0 Å². The average molecular weight is 440 g/mol. The van der Waals surface area contributed by atoms with E-state index in [0.717, 1.165) is 5.56 Å². The van der Waals surface area contributed by atoms with Gasteiger partial charge in [0.25, 0.3) is 11.8 Å². The molecular weight excluding hydrogens is 419 g/mol. The number of aryl methyl sites for hydroxylation is 1. The Balaban J connectivity index is 1.83. The first kappa shape index (κ1) is 21.8. The zero-order chi connectivity index (χ0) is 23.2. The van der Waals surface area contributed by atoms with E-state index in [4.69, 9.17) is 0 Å². The third-order valence-electron chi connectivity index (χ3n) is 5.01. The van der Waals surface area contributed by atoms with Crippen molar-refractivity contribution in [2.45, 2.75) is 13.0 Å². The van der Waals surface area contributed by atoms with Gasteiger partial charge in [0.15, 0.2) is 0 Å². The normalized spacial score (nSPS) is 11.5. The van der Waals surface area contributed by atoms with Gasteiger partial charge in [0, 0.05) is 23.8 Å². The van der Waals surface area contributed by atoms with Gasteiger partial charge in [0.1, 0.15) is 17.6 Å². The molecule has 0 radical (unpaired) electrons. The molecule has 6 nitrogen and oxygen atoms in total. The minimum Gasteiger partial charge on any atom is -0.324 e. The molecule has 2 amide bonds. The van der Waals surface area contributed by atoms with Gasteiger partial charge in [0.2, 0.25) is 0 Å². The Kier molecular flexibility index (Phi) is 6.50. The van der Waals surface area contributed by atoms with Crippen LogP contribution in [0.5, 0.6) is 0 Å². The number of hydrogen-bond donors (Lipinski definition) is 1. The standard InChI is InChI=1S/C26H21FN4O2/c1-18-6-5-9-22(16-18)31(26(33)23-17-28-14-15-29-23)24(19-7-3-2-4-8-19)25(32)30-21-12-10-20(27)11-13-21/h2-17,24H,1H3,(H,30,32)/t24-/m1/s1. The van der Waals surface area contributed by atoms with E-state index in [9.17, 15) is 14.0 Å². The summed E-state index contributed by atoms with van der Waals surface area (Å²) in [6.07, 6.45) is 4.27. The summed E-state index contributed by atoms with van der Waals surface area (Å²) in [6, 6.07) is 20.8. The van der Waals surface area contributed by atoms with E-state index in [0.29, 0.717) is 16.9 Å². The maximum absolute atomic E-state index is 13.7. The zero-order valence-corrected chi connectivity index (χ0v) is 17.9. The molecule has 0 aliphatic carbocycles. The number of carbonyl (C=O) groups is 2. The SMILES string of the molecule is Cc1cccc(N(C(=O)c2cnccn2)[C@@H](C(=O)Nc2ccc(F)cc2)c2ccccc2)c1. The van der Waals surface area contributed by atoms with E-state index in [1.54, 1.807) is 30.3 Å². The quantitative estimate of drug-likeness (QED) is 0.460. The molecule has 0 aliphatic rings. The highest BCUT2D eigenvalue weighted by molar-refractivity contribution is 6.11. The van der Waals surface area contributed by atoms with Crippen LogP contribution in [0.1, 0.15) is 27.7 Å². The number of amides is 2. The van der Waals surface area contributed by atoms with Gasteiger partial charge in [-0.3, -0.25) is 19.5 Å². The van der Waals surface area contributed by atoms with E-state index < -0.39 is 23.7 Å². The molecule has 7 heteroatoms. The van der Waals surface area contributed by atoms with Gasteiger partial charge in [0.05, 0.1) is 6.20 Å². The molecule has 1 aromatic heterocycles. The predicted molar refractivity (Wildman–Crippen MR) is 124 cm³/mol. The molecule has 4 rings (SSSR count). The number of anilines is 2. The molecular formula is C26H21FN4O2. The lowest BCUT2D eigenvalue weighted by molar-refractivity contribution is -0.117. The molecule has 0 aliphatic heterocycles. The third kappa shape index (κ3) is 5.10. The first-order valence-corrected chi connectivity index (χ1v) is 10.3. The molecule has 0 bridgehead atoms. The summed E-state index contributed by atoms with van der Waals surface area (Å²) in [5, 5.41) is 2.80. The maximum atomic E-state index is 13.7. The van der Waals surface area contributed by atoms with E-state index in [1.807, 2.05) is 31.2 Å². The predicted octanol–water partition coefficient (Wildman–Crippen LogP) is 4.95. The highest BCUT2D eigenvalue weighted by atomic mass is 19.1. The second kappa shape index (κ2) is 9.82. The van der Waals surface area contributed by atoms with E-state index in [-0.39, 0.29) is 5.69 Å². The molecule has 3 aromatic carbocycles. The molecule has 0 unspecified atom stereocenters. The Hall–Kier alpha value is -4.39. The van der Waals surface area contributed by atoms with Crippen molar-refractivity contribution in [3.8, 4) is 0 Å². The summed E-state index contributed by atoms with van der Waals surface area (Å²) < 4.78 is 13.4. The van der Waals surface area contributed by atoms with Crippen LogP contribution in [-0.4, -0.2) is 21.8 Å². The van der Waals surface area contributed by atoms with Crippen molar-refractivity contribution in [3.05, 3.63) is 120 Å². The van der Waals surface area contributed by atoms with Gasteiger partial charge in [-0.2, -0.15) is 0 Å². The van der Waals surface area contributed by atoms with Crippen LogP contribution in [0.2, 0.25) is 0 Å². The number of halogens is 1. The lowest BCUT2D eigenvalue weighted by Gasteiger charge is -2.31. The fraction of sp³-hybridized carbons (Fsp3) is 0.0769. The molecule has 4 aromatic rings. The van der Waals surface area contributed by atoms with Crippen molar-refractivity contribution in [3.63, 3.8) is 0 Å². The number of nitrogens with zero attached hydrogens (tertiary/aromatic N) is 3. The van der Waals surface area contributed by atoms with Crippen molar-refractivity contribution >= 4 is 23.2 Å². The van der Waals surface area contributed by atoms with Crippen LogP contribution >= 0.6 is 0 Å². The number of nitrogens with one attached hydrogen (secondary N) is 1. The van der Waals surface area contributed by atoms with Gasteiger partial charge in [-0.1, -0.05) is 42.5 Å². The van der Waals surface area contributed by atoms with Gasteiger partial charge in [-0.15, -0.1) is 0 Å². The Labute approximate surface area is 190 Å². The monoisotopic (exact) mass is 440 g/mol. The Morgan fingerprint density at radius 1 is 0.939 bits per heavy atom. The van der Waals surface area contributed by atoms with E-state index >= 15 is 0 Å². The molecule has 1 heterocycles. The summed E-state index contributed by atoms with van der Waals surface area (Å²) >= 11 is 0. The number of rotatable bonds is 6. The molecule has 1 atom stereocenters. The topological polar surface area (TPSA) is 75.2 Å². The van der Waals surface area contributed by atoms with E-state index in [2.05, 4.69) is 15.3 Å². The second-order valence-corrected chi connectivity index (χ2v) is 7.41. The number of aromatic nitrogens is 2. The van der Waals surface area contributed by atoms with Crippen LogP contribution < -0.4 is 10.2 Å². The Morgan fingerprint density at radius 2 is 1.70 bits per heavy atom. The fourth-order valence-electron chi connectivity index (χ4n) is 3.49. The lowest BCUT2D eigenvalue weighted by atomic mass is 10.0. The molecule has 0 fully saturated rings. The summed E-state index contributed by atoms with van der Waals surface area (Å²) in [5.74, 6) is -1.34. The minimum atomic E-state index is -1.02. The summed E-state index contributed by atoms with van der Waals surface area (Å²) in [6.45, 7) is 1.91. The minimum absolute atomic E-state index is 0.106. The largest absolute Gasteiger partial charge is 0.324 e. The first-order chi connectivity index (χ1) is 16.0. The first-order valence-electron chi connectivity index (χ1n) is 10.3. The van der Waals surface area contributed by atoms with Crippen molar-refractivity contribution in [2.24, 2.45) is 0 Å². The molecule has 33 heavy (non-hydrogen) atoms. The molecule has 0 saturated heterocycles. The van der Waals surface area contributed by atoms with E-state index in [1.165, 1.54) is 47.8 Å². The summed E-state index contributed by atoms with van der Waals surface area (Å²) in [5.41, 5.74) is 2.59. The third-order valence-corrected chi connectivity index (χ3v) is 5.01. The molecule has 1 N–H and O–H groups in total. The average Bonchev–Trinajstić information content (AvgIpc) is 2.84. The van der Waals surface area contributed by atoms with Crippen molar-refractivity contribution in [2.75, 3.05) is 10.2 Å². The van der Waals surface area contributed by atoms with Crippen LogP contribution in [0.3, 0.4) is 0 Å². The summed E-state index contributed by atoms with van der Waals surface area (Å²) in [7, 11) is 0. The van der Waals surface area contributed by atoms with Crippen LogP contribution in [0, 0.1) is 12.7 Å².